The van der Waals surface area contributed by atoms with Crippen molar-refractivity contribution >= 4 is 0 Å². The number of nitrogens with one attached hydrogen (secondary N) is 1. The zero-order valence-electron chi connectivity index (χ0n) is 12.2. The molecule has 0 radical (unpaired) electrons. The molecule has 2 nitrogen and oxygen atoms in total. The molecule has 1 aromatic rings. The molecule has 0 atom stereocenters. The first-order chi connectivity index (χ1) is 8.29. The van der Waals surface area contributed by atoms with Gasteiger partial charge in [0, 0.05) is 5.54 Å². The summed E-state index contributed by atoms with van der Waals surface area (Å²) in [5.41, 5.74) is 0.915. The van der Waals surface area contributed by atoms with Gasteiger partial charge in [0.05, 0.1) is 5.60 Å². The van der Waals surface area contributed by atoms with Crippen LogP contribution >= 0.6 is 0 Å². The Morgan fingerprint density at radius 2 is 1.61 bits per heavy atom. The van der Waals surface area contributed by atoms with Crippen molar-refractivity contribution in [2.75, 3.05) is 6.54 Å². The molecule has 1 rings (SSSR count). The minimum atomic E-state index is -0.581. The number of hydrogen-bond donors (Lipinski definition) is 2. The first kappa shape index (κ1) is 15.2. The van der Waals surface area contributed by atoms with E-state index in [0.717, 1.165) is 25.8 Å². The third kappa shape index (κ3) is 6.77. The Morgan fingerprint density at radius 3 is 2.17 bits per heavy atom. The molecule has 0 aliphatic rings. The second-order valence-corrected chi connectivity index (χ2v) is 6.36. The van der Waals surface area contributed by atoms with E-state index in [-0.39, 0.29) is 5.54 Å². The molecule has 0 unspecified atom stereocenters. The van der Waals surface area contributed by atoms with E-state index in [2.05, 4.69) is 49.5 Å². The Balaban J connectivity index is 2.31. The Kier molecular flexibility index (Phi) is 5.36. The topological polar surface area (TPSA) is 32.3 Å². The van der Waals surface area contributed by atoms with Gasteiger partial charge in [-0.3, -0.25) is 0 Å². The molecule has 0 aliphatic heterocycles. The Hall–Kier alpha value is -0.860. The van der Waals surface area contributed by atoms with Crippen LogP contribution in [-0.4, -0.2) is 22.8 Å². The van der Waals surface area contributed by atoms with Gasteiger partial charge >= 0.3 is 0 Å². The smallest absolute Gasteiger partial charge is 0.0603 e. The van der Waals surface area contributed by atoms with Crippen molar-refractivity contribution in [1.29, 1.82) is 0 Å². The van der Waals surface area contributed by atoms with Crippen molar-refractivity contribution in [3.63, 3.8) is 0 Å². The molecule has 18 heavy (non-hydrogen) atoms. The van der Waals surface area contributed by atoms with Gasteiger partial charge in [0.25, 0.3) is 0 Å². The third-order valence-corrected chi connectivity index (χ3v) is 3.22. The highest BCUT2D eigenvalue weighted by molar-refractivity contribution is 5.15. The summed E-state index contributed by atoms with van der Waals surface area (Å²) in [6.45, 7) is 9.00. The van der Waals surface area contributed by atoms with Crippen LogP contribution in [0.4, 0.5) is 0 Å². The number of rotatable bonds is 7. The first-order valence-corrected chi connectivity index (χ1v) is 6.80. The van der Waals surface area contributed by atoms with Gasteiger partial charge in [-0.15, -0.1) is 0 Å². The van der Waals surface area contributed by atoms with Crippen LogP contribution < -0.4 is 5.32 Å². The molecular formula is C16H27NO. The molecular weight excluding hydrogens is 222 g/mol. The molecule has 0 heterocycles. The largest absolute Gasteiger partial charge is 0.390 e. The highest BCUT2D eigenvalue weighted by Gasteiger charge is 2.18. The van der Waals surface area contributed by atoms with Crippen LogP contribution in [0.5, 0.6) is 0 Å². The lowest BCUT2D eigenvalue weighted by molar-refractivity contribution is 0.0688. The zero-order chi connectivity index (χ0) is 13.6. The Morgan fingerprint density at radius 1 is 1.00 bits per heavy atom. The lowest BCUT2D eigenvalue weighted by Gasteiger charge is -2.28. The van der Waals surface area contributed by atoms with E-state index in [1.807, 2.05) is 13.8 Å². The summed E-state index contributed by atoms with van der Waals surface area (Å²) in [6.07, 6.45) is 2.97. The van der Waals surface area contributed by atoms with Crippen molar-refractivity contribution in [2.24, 2.45) is 0 Å². The molecule has 0 amide bonds. The van der Waals surface area contributed by atoms with Gasteiger partial charge < -0.3 is 10.4 Å². The van der Waals surface area contributed by atoms with Crippen molar-refractivity contribution < 1.29 is 5.11 Å². The fourth-order valence-corrected chi connectivity index (χ4v) is 1.90. The van der Waals surface area contributed by atoms with Crippen LogP contribution in [0.25, 0.3) is 0 Å². The van der Waals surface area contributed by atoms with Crippen LogP contribution in [0, 0.1) is 0 Å². The van der Waals surface area contributed by atoms with E-state index in [9.17, 15) is 5.11 Å². The monoisotopic (exact) mass is 249 g/mol. The summed E-state index contributed by atoms with van der Waals surface area (Å²) in [6, 6.07) is 10.6. The van der Waals surface area contributed by atoms with Crippen molar-refractivity contribution in [1.82, 2.24) is 5.32 Å². The van der Waals surface area contributed by atoms with E-state index in [1.54, 1.807) is 0 Å². The molecule has 0 aromatic heterocycles. The fourth-order valence-electron chi connectivity index (χ4n) is 1.90. The molecule has 0 fully saturated rings. The van der Waals surface area contributed by atoms with E-state index < -0.39 is 5.60 Å². The molecule has 0 spiro atoms. The quantitative estimate of drug-likeness (QED) is 0.778. The van der Waals surface area contributed by atoms with Gasteiger partial charge in [-0.05, 0) is 59.1 Å². The Bertz CT molecular complexity index is 338. The average Bonchev–Trinajstić information content (AvgIpc) is 2.26. The minimum Gasteiger partial charge on any atom is -0.390 e. The highest BCUT2D eigenvalue weighted by atomic mass is 16.3. The van der Waals surface area contributed by atoms with Crippen molar-refractivity contribution in [3.05, 3.63) is 35.9 Å². The summed E-state index contributed by atoms with van der Waals surface area (Å²) >= 11 is 0. The fraction of sp³-hybridized carbons (Fsp3) is 0.625. The summed E-state index contributed by atoms with van der Waals surface area (Å²) in [5, 5.41) is 13.2. The summed E-state index contributed by atoms with van der Waals surface area (Å²) in [7, 11) is 0. The van der Waals surface area contributed by atoms with E-state index in [4.69, 9.17) is 0 Å². The molecule has 0 aliphatic carbocycles. The van der Waals surface area contributed by atoms with Crippen molar-refractivity contribution in [3.8, 4) is 0 Å². The lowest BCUT2D eigenvalue weighted by Crippen LogP contribution is -2.42. The van der Waals surface area contributed by atoms with Gasteiger partial charge in [0.2, 0.25) is 0 Å². The van der Waals surface area contributed by atoms with Crippen molar-refractivity contribution in [2.45, 2.75) is 58.1 Å². The molecule has 0 bridgehead atoms. The second-order valence-electron chi connectivity index (χ2n) is 6.36. The highest BCUT2D eigenvalue weighted by Crippen LogP contribution is 2.14. The third-order valence-electron chi connectivity index (χ3n) is 3.22. The maximum Gasteiger partial charge on any atom is 0.0603 e. The summed E-state index contributed by atoms with van der Waals surface area (Å²) in [4.78, 5) is 0. The second kappa shape index (κ2) is 6.35. The van der Waals surface area contributed by atoms with Crippen LogP contribution in [0.2, 0.25) is 0 Å². The van der Waals surface area contributed by atoms with E-state index in [0.29, 0.717) is 0 Å². The predicted molar refractivity (Wildman–Crippen MR) is 77.8 cm³/mol. The van der Waals surface area contributed by atoms with Gasteiger partial charge in [-0.25, -0.2) is 0 Å². The van der Waals surface area contributed by atoms with E-state index in [1.165, 1.54) is 5.56 Å². The first-order valence-electron chi connectivity index (χ1n) is 6.80. The van der Waals surface area contributed by atoms with Gasteiger partial charge in [-0.2, -0.15) is 0 Å². The van der Waals surface area contributed by atoms with Gasteiger partial charge in [0.1, 0.15) is 0 Å². The van der Waals surface area contributed by atoms with Crippen LogP contribution in [0.15, 0.2) is 30.3 Å². The molecule has 0 saturated heterocycles. The van der Waals surface area contributed by atoms with Gasteiger partial charge in [0.15, 0.2) is 0 Å². The van der Waals surface area contributed by atoms with Crippen LogP contribution in [0.1, 0.15) is 46.1 Å². The molecule has 0 saturated carbocycles. The summed E-state index contributed by atoms with van der Waals surface area (Å²) < 4.78 is 0. The average molecular weight is 249 g/mol. The zero-order valence-corrected chi connectivity index (χ0v) is 12.2. The number of hydrogen-bond acceptors (Lipinski definition) is 2. The minimum absolute atomic E-state index is 0.112. The number of aliphatic hydroxyl groups is 1. The molecule has 2 heteroatoms. The van der Waals surface area contributed by atoms with Crippen LogP contribution in [0.3, 0.4) is 0 Å². The van der Waals surface area contributed by atoms with Crippen LogP contribution in [-0.2, 0) is 6.42 Å². The molecule has 2 N–H and O–H groups in total. The number of aryl methyl sites for hydroxylation is 1. The normalized spacial score (nSPS) is 12.7. The SMILES string of the molecule is CC(C)(O)CCNC(C)(C)CCc1ccccc1. The van der Waals surface area contributed by atoms with Gasteiger partial charge in [-0.1, -0.05) is 30.3 Å². The molecule has 102 valence electrons. The predicted octanol–water partition coefficient (Wildman–Crippen LogP) is 3.15. The Labute approximate surface area is 111 Å². The maximum absolute atomic E-state index is 9.68. The lowest BCUT2D eigenvalue weighted by atomic mass is 9.94. The summed E-state index contributed by atoms with van der Waals surface area (Å²) in [5.74, 6) is 0. The molecule has 1 aromatic carbocycles. The standard InChI is InChI=1S/C16H27NO/c1-15(2,17-13-12-16(3,4)18)11-10-14-8-6-5-7-9-14/h5-9,17-18H,10-13H2,1-4H3. The maximum atomic E-state index is 9.68. The van der Waals surface area contributed by atoms with E-state index >= 15 is 0 Å². The number of benzene rings is 1.